The summed E-state index contributed by atoms with van der Waals surface area (Å²) >= 11 is 5.22. The van der Waals surface area contributed by atoms with Gasteiger partial charge in [-0.2, -0.15) is 0 Å². The number of hydrogen-bond donors (Lipinski definition) is 1. The van der Waals surface area contributed by atoms with Crippen molar-refractivity contribution in [2.45, 2.75) is 13.1 Å². The molecule has 0 radical (unpaired) electrons. The fourth-order valence-electron chi connectivity index (χ4n) is 1.85. The van der Waals surface area contributed by atoms with E-state index < -0.39 is 0 Å². The SMILES string of the molecule is OCCN(Cc1ccccc1)Cc1ccc(Br)s1. The lowest BCUT2D eigenvalue weighted by molar-refractivity contribution is 0.185. The first-order valence-electron chi connectivity index (χ1n) is 5.89. The van der Waals surface area contributed by atoms with Gasteiger partial charge >= 0.3 is 0 Å². The molecule has 0 amide bonds. The molecule has 1 heterocycles. The molecule has 1 aromatic heterocycles. The molecule has 96 valence electrons. The van der Waals surface area contributed by atoms with Gasteiger partial charge in [-0.3, -0.25) is 4.90 Å². The molecule has 0 saturated heterocycles. The number of halogens is 1. The summed E-state index contributed by atoms with van der Waals surface area (Å²) in [6.07, 6.45) is 0. The summed E-state index contributed by atoms with van der Waals surface area (Å²) in [5, 5.41) is 9.15. The van der Waals surface area contributed by atoms with E-state index in [1.54, 1.807) is 11.3 Å². The highest BCUT2D eigenvalue weighted by molar-refractivity contribution is 9.11. The van der Waals surface area contributed by atoms with Crippen molar-refractivity contribution >= 4 is 27.3 Å². The second-order valence-corrected chi connectivity index (χ2v) is 6.67. The first-order chi connectivity index (χ1) is 8.78. The van der Waals surface area contributed by atoms with Gasteiger partial charge in [0, 0.05) is 24.5 Å². The largest absolute Gasteiger partial charge is 0.395 e. The molecule has 1 aromatic carbocycles. The van der Waals surface area contributed by atoms with Gasteiger partial charge in [0.15, 0.2) is 0 Å². The normalized spacial score (nSPS) is 11.1. The zero-order valence-electron chi connectivity index (χ0n) is 10.1. The Morgan fingerprint density at radius 1 is 1.06 bits per heavy atom. The molecule has 0 unspecified atom stereocenters. The molecule has 0 fully saturated rings. The maximum absolute atomic E-state index is 9.15. The van der Waals surface area contributed by atoms with Crippen LogP contribution in [0.15, 0.2) is 46.3 Å². The van der Waals surface area contributed by atoms with Gasteiger partial charge in [0.2, 0.25) is 0 Å². The smallest absolute Gasteiger partial charge is 0.0701 e. The van der Waals surface area contributed by atoms with Crippen molar-refractivity contribution in [1.82, 2.24) is 4.90 Å². The van der Waals surface area contributed by atoms with E-state index in [1.165, 1.54) is 10.4 Å². The van der Waals surface area contributed by atoms with Gasteiger partial charge in [-0.05, 0) is 33.6 Å². The molecule has 2 rings (SSSR count). The Bertz CT molecular complexity index is 472. The summed E-state index contributed by atoms with van der Waals surface area (Å²) in [6, 6.07) is 14.6. The van der Waals surface area contributed by atoms with E-state index in [2.05, 4.69) is 45.1 Å². The molecule has 2 aromatic rings. The van der Waals surface area contributed by atoms with Crippen LogP contribution in [0, 0.1) is 0 Å². The highest BCUT2D eigenvalue weighted by Crippen LogP contribution is 2.23. The van der Waals surface area contributed by atoms with Crippen LogP contribution in [0.4, 0.5) is 0 Å². The predicted octanol–water partition coefficient (Wildman–Crippen LogP) is 3.51. The van der Waals surface area contributed by atoms with Crippen LogP contribution in [0.25, 0.3) is 0 Å². The maximum Gasteiger partial charge on any atom is 0.0701 e. The van der Waals surface area contributed by atoms with E-state index in [0.717, 1.165) is 16.9 Å². The molecule has 2 nitrogen and oxygen atoms in total. The van der Waals surface area contributed by atoms with Crippen molar-refractivity contribution in [3.8, 4) is 0 Å². The number of hydrogen-bond acceptors (Lipinski definition) is 3. The Hall–Kier alpha value is -0.680. The van der Waals surface area contributed by atoms with Crippen molar-refractivity contribution in [3.63, 3.8) is 0 Å². The lowest BCUT2D eigenvalue weighted by Crippen LogP contribution is -2.25. The number of thiophene rings is 1. The third-order valence-electron chi connectivity index (χ3n) is 2.67. The number of benzene rings is 1. The van der Waals surface area contributed by atoms with Gasteiger partial charge in [0.25, 0.3) is 0 Å². The topological polar surface area (TPSA) is 23.5 Å². The number of aliphatic hydroxyl groups excluding tert-OH is 1. The molecule has 4 heteroatoms. The van der Waals surface area contributed by atoms with Gasteiger partial charge < -0.3 is 5.11 Å². The molecule has 0 atom stereocenters. The van der Waals surface area contributed by atoms with Gasteiger partial charge in [-0.1, -0.05) is 30.3 Å². The Morgan fingerprint density at radius 3 is 2.44 bits per heavy atom. The van der Waals surface area contributed by atoms with Gasteiger partial charge in [-0.25, -0.2) is 0 Å². The van der Waals surface area contributed by atoms with E-state index in [-0.39, 0.29) is 6.61 Å². The average Bonchev–Trinajstić information content (AvgIpc) is 2.76. The van der Waals surface area contributed by atoms with Crippen molar-refractivity contribution in [3.05, 3.63) is 56.7 Å². The van der Waals surface area contributed by atoms with E-state index in [0.29, 0.717) is 6.54 Å². The fourth-order valence-corrected chi connectivity index (χ4v) is 3.38. The predicted molar refractivity (Wildman–Crippen MR) is 79.7 cm³/mol. The molecule has 0 aliphatic carbocycles. The molecule has 0 bridgehead atoms. The van der Waals surface area contributed by atoms with Crippen molar-refractivity contribution < 1.29 is 5.11 Å². The molecular weight excluding hydrogens is 310 g/mol. The van der Waals surface area contributed by atoms with Crippen molar-refractivity contribution in [2.75, 3.05) is 13.2 Å². The van der Waals surface area contributed by atoms with Crippen LogP contribution in [0.3, 0.4) is 0 Å². The van der Waals surface area contributed by atoms with Crippen LogP contribution in [0.1, 0.15) is 10.4 Å². The lowest BCUT2D eigenvalue weighted by Gasteiger charge is -2.20. The van der Waals surface area contributed by atoms with E-state index >= 15 is 0 Å². The van der Waals surface area contributed by atoms with Gasteiger partial charge in [0.1, 0.15) is 0 Å². The lowest BCUT2D eigenvalue weighted by atomic mass is 10.2. The number of aliphatic hydroxyl groups is 1. The third kappa shape index (κ3) is 4.21. The highest BCUT2D eigenvalue weighted by atomic mass is 79.9. The van der Waals surface area contributed by atoms with Crippen LogP contribution < -0.4 is 0 Å². The Labute approximate surface area is 120 Å². The Kier molecular flexibility index (Phi) is 5.38. The zero-order chi connectivity index (χ0) is 12.8. The first-order valence-corrected chi connectivity index (χ1v) is 7.50. The van der Waals surface area contributed by atoms with Crippen LogP contribution in [0.2, 0.25) is 0 Å². The average molecular weight is 326 g/mol. The minimum absolute atomic E-state index is 0.194. The standard InChI is InChI=1S/C14H16BrNOS/c15-14-7-6-13(18-14)11-16(8-9-17)10-12-4-2-1-3-5-12/h1-7,17H,8-11H2. The third-order valence-corrected chi connectivity index (χ3v) is 4.28. The molecular formula is C14H16BrNOS. The second kappa shape index (κ2) is 7.04. The summed E-state index contributed by atoms with van der Waals surface area (Å²) in [6.45, 7) is 2.65. The van der Waals surface area contributed by atoms with E-state index in [9.17, 15) is 0 Å². The zero-order valence-corrected chi connectivity index (χ0v) is 12.5. The van der Waals surface area contributed by atoms with Crippen LogP contribution >= 0.6 is 27.3 Å². The van der Waals surface area contributed by atoms with E-state index in [1.807, 2.05) is 18.2 Å². The molecule has 0 saturated carbocycles. The van der Waals surface area contributed by atoms with E-state index in [4.69, 9.17) is 5.11 Å². The van der Waals surface area contributed by atoms with Crippen LogP contribution in [0.5, 0.6) is 0 Å². The Balaban J connectivity index is 1.99. The summed E-state index contributed by atoms with van der Waals surface area (Å²) in [4.78, 5) is 3.57. The summed E-state index contributed by atoms with van der Waals surface area (Å²) in [5.41, 5.74) is 1.28. The van der Waals surface area contributed by atoms with Gasteiger partial charge in [-0.15, -0.1) is 11.3 Å². The molecule has 18 heavy (non-hydrogen) atoms. The fraction of sp³-hybridized carbons (Fsp3) is 0.286. The van der Waals surface area contributed by atoms with Gasteiger partial charge in [0.05, 0.1) is 10.4 Å². The molecule has 0 aliphatic heterocycles. The summed E-state index contributed by atoms with van der Waals surface area (Å²) < 4.78 is 1.15. The van der Waals surface area contributed by atoms with Crippen LogP contribution in [-0.4, -0.2) is 23.2 Å². The van der Waals surface area contributed by atoms with Crippen molar-refractivity contribution in [1.29, 1.82) is 0 Å². The quantitative estimate of drug-likeness (QED) is 0.878. The van der Waals surface area contributed by atoms with Crippen molar-refractivity contribution in [2.24, 2.45) is 0 Å². The monoisotopic (exact) mass is 325 g/mol. The summed E-state index contributed by atoms with van der Waals surface area (Å²) in [5.74, 6) is 0. The number of rotatable bonds is 6. The number of nitrogens with zero attached hydrogens (tertiary/aromatic N) is 1. The molecule has 1 N–H and O–H groups in total. The molecule has 0 aliphatic rings. The minimum Gasteiger partial charge on any atom is -0.395 e. The van der Waals surface area contributed by atoms with Crippen LogP contribution in [-0.2, 0) is 13.1 Å². The second-order valence-electron chi connectivity index (χ2n) is 4.13. The maximum atomic E-state index is 9.15. The highest BCUT2D eigenvalue weighted by Gasteiger charge is 2.08. The molecule has 0 spiro atoms. The Morgan fingerprint density at radius 2 is 1.83 bits per heavy atom. The minimum atomic E-state index is 0.194. The first kappa shape index (κ1) is 13.7. The summed E-state index contributed by atoms with van der Waals surface area (Å²) in [7, 11) is 0.